The van der Waals surface area contributed by atoms with E-state index in [0.29, 0.717) is 22.4 Å². The summed E-state index contributed by atoms with van der Waals surface area (Å²) in [6.07, 6.45) is -0.832. The van der Waals surface area contributed by atoms with Crippen molar-refractivity contribution in [3.63, 3.8) is 0 Å². The third-order valence-electron chi connectivity index (χ3n) is 4.27. The van der Waals surface area contributed by atoms with Gasteiger partial charge in [-0.2, -0.15) is 0 Å². The number of carbonyl (C=O) groups is 3. The van der Waals surface area contributed by atoms with Gasteiger partial charge in [-0.3, -0.25) is 14.4 Å². The van der Waals surface area contributed by atoms with Crippen LogP contribution < -0.4 is 0 Å². The molecule has 0 fully saturated rings. The molecule has 0 unspecified atom stereocenters. The number of aryl methyl sites for hydroxylation is 2. The summed E-state index contributed by atoms with van der Waals surface area (Å²) >= 11 is 0. The van der Waals surface area contributed by atoms with E-state index in [0.717, 1.165) is 0 Å². The van der Waals surface area contributed by atoms with Crippen molar-refractivity contribution in [2.75, 3.05) is 0 Å². The van der Waals surface area contributed by atoms with E-state index in [9.17, 15) is 18.8 Å². The standard InChI is InChI=1S/C20H22FNO4/c1-11-18(13(3)23)12(2)22-19(11)20(25)14(4)26-17(24)10-9-15-7-5-6-8-16(15)21/h5-8,14,22H,9-10H2,1-4H3/t14-/m1/s1. The maximum atomic E-state index is 13.6. The van der Waals surface area contributed by atoms with E-state index < -0.39 is 17.9 Å². The van der Waals surface area contributed by atoms with E-state index in [1.165, 1.54) is 19.9 Å². The highest BCUT2D eigenvalue weighted by Gasteiger charge is 2.25. The maximum absolute atomic E-state index is 13.6. The number of ketones is 2. The highest BCUT2D eigenvalue weighted by molar-refractivity contribution is 6.05. The number of aromatic nitrogens is 1. The lowest BCUT2D eigenvalue weighted by Crippen LogP contribution is -2.25. The van der Waals surface area contributed by atoms with Crippen LogP contribution in [0.5, 0.6) is 0 Å². The number of aromatic amines is 1. The molecule has 0 aliphatic carbocycles. The van der Waals surface area contributed by atoms with E-state index in [1.54, 1.807) is 32.0 Å². The van der Waals surface area contributed by atoms with Crippen molar-refractivity contribution in [2.45, 2.75) is 46.6 Å². The third kappa shape index (κ3) is 4.25. The lowest BCUT2D eigenvalue weighted by atomic mass is 10.0. The number of halogens is 1. The molecule has 2 rings (SSSR count). The number of benzene rings is 1. The molecule has 1 heterocycles. The van der Waals surface area contributed by atoms with E-state index in [-0.39, 0.29) is 30.1 Å². The lowest BCUT2D eigenvalue weighted by molar-refractivity contribution is -0.146. The van der Waals surface area contributed by atoms with E-state index >= 15 is 0 Å². The predicted octanol–water partition coefficient (Wildman–Crippen LogP) is 3.72. The minimum Gasteiger partial charge on any atom is -0.454 e. The molecular formula is C20H22FNO4. The number of H-pyrrole nitrogens is 1. The summed E-state index contributed by atoms with van der Waals surface area (Å²) in [6, 6.07) is 6.20. The number of nitrogens with one attached hydrogen (secondary N) is 1. The second-order valence-corrected chi connectivity index (χ2v) is 6.27. The van der Waals surface area contributed by atoms with Crippen LogP contribution in [0.15, 0.2) is 24.3 Å². The molecular weight excluding hydrogens is 337 g/mol. The van der Waals surface area contributed by atoms with Gasteiger partial charge in [-0.05, 0) is 51.3 Å². The Morgan fingerprint density at radius 1 is 1.19 bits per heavy atom. The molecule has 0 saturated carbocycles. The van der Waals surface area contributed by atoms with E-state index in [4.69, 9.17) is 4.74 Å². The first-order chi connectivity index (χ1) is 12.2. The Labute approximate surface area is 151 Å². The topological polar surface area (TPSA) is 76.2 Å². The summed E-state index contributed by atoms with van der Waals surface area (Å²) < 4.78 is 18.7. The van der Waals surface area contributed by atoms with Crippen molar-refractivity contribution in [2.24, 2.45) is 0 Å². The zero-order valence-electron chi connectivity index (χ0n) is 15.3. The van der Waals surface area contributed by atoms with E-state index in [2.05, 4.69) is 4.98 Å². The minimum atomic E-state index is -1.00. The van der Waals surface area contributed by atoms with Gasteiger partial charge in [0.05, 0.1) is 5.69 Å². The van der Waals surface area contributed by atoms with Gasteiger partial charge in [0.1, 0.15) is 5.82 Å². The van der Waals surface area contributed by atoms with Crippen molar-refractivity contribution in [1.29, 1.82) is 0 Å². The van der Waals surface area contributed by atoms with Crippen LogP contribution >= 0.6 is 0 Å². The Morgan fingerprint density at radius 3 is 2.42 bits per heavy atom. The molecule has 1 N–H and O–H groups in total. The highest BCUT2D eigenvalue weighted by Crippen LogP contribution is 2.20. The molecule has 138 valence electrons. The summed E-state index contributed by atoms with van der Waals surface area (Å²) in [5, 5.41) is 0. The molecule has 2 aromatic rings. The Balaban J connectivity index is 2.01. The largest absolute Gasteiger partial charge is 0.454 e. The number of carbonyl (C=O) groups excluding carboxylic acids is 3. The summed E-state index contributed by atoms with van der Waals surface area (Å²) in [7, 11) is 0. The fourth-order valence-corrected chi connectivity index (χ4v) is 2.98. The van der Waals surface area contributed by atoms with Crippen molar-refractivity contribution >= 4 is 17.5 Å². The van der Waals surface area contributed by atoms with Gasteiger partial charge in [0.2, 0.25) is 5.78 Å². The molecule has 5 nitrogen and oxygen atoms in total. The molecule has 0 radical (unpaired) electrons. The molecule has 26 heavy (non-hydrogen) atoms. The van der Waals surface area contributed by atoms with Crippen molar-refractivity contribution in [3.8, 4) is 0 Å². The number of hydrogen-bond donors (Lipinski definition) is 1. The smallest absolute Gasteiger partial charge is 0.306 e. The van der Waals surface area contributed by atoms with Gasteiger partial charge in [-0.25, -0.2) is 4.39 Å². The molecule has 6 heteroatoms. The monoisotopic (exact) mass is 359 g/mol. The first-order valence-corrected chi connectivity index (χ1v) is 8.39. The molecule has 0 amide bonds. The normalized spacial score (nSPS) is 11.9. The van der Waals surface area contributed by atoms with Crippen LogP contribution in [0, 0.1) is 19.7 Å². The second-order valence-electron chi connectivity index (χ2n) is 6.27. The summed E-state index contributed by atoms with van der Waals surface area (Å²) in [5.41, 5.74) is 2.32. The molecule has 0 spiro atoms. The molecule has 1 aromatic heterocycles. The summed E-state index contributed by atoms with van der Waals surface area (Å²) in [5.74, 6) is -1.50. The fourth-order valence-electron chi connectivity index (χ4n) is 2.98. The molecule has 1 aromatic carbocycles. The summed E-state index contributed by atoms with van der Waals surface area (Å²) in [6.45, 7) is 6.31. The number of esters is 1. The molecule has 1 atom stereocenters. The number of ether oxygens (including phenoxy) is 1. The van der Waals surface area contributed by atoms with Crippen molar-refractivity contribution in [3.05, 3.63) is 58.2 Å². The average molecular weight is 359 g/mol. The zero-order valence-corrected chi connectivity index (χ0v) is 15.3. The molecule has 0 aliphatic heterocycles. The SMILES string of the molecule is CC(=O)c1c(C)[nH]c(C(=O)[C@@H](C)OC(=O)CCc2ccccc2F)c1C. The number of hydrogen-bond acceptors (Lipinski definition) is 4. The van der Waals surface area contributed by atoms with Gasteiger partial charge in [-0.15, -0.1) is 0 Å². The lowest BCUT2D eigenvalue weighted by Gasteiger charge is -2.12. The quantitative estimate of drug-likeness (QED) is 0.604. The average Bonchev–Trinajstić information content (AvgIpc) is 2.87. The van der Waals surface area contributed by atoms with Crippen LogP contribution in [0.4, 0.5) is 4.39 Å². The first kappa shape index (κ1) is 19.6. The van der Waals surface area contributed by atoms with Gasteiger partial charge in [0.15, 0.2) is 11.9 Å². The van der Waals surface area contributed by atoms with Gasteiger partial charge in [0, 0.05) is 17.7 Å². The second kappa shape index (κ2) is 8.08. The van der Waals surface area contributed by atoms with E-state index in [1.807, 2.05) is 0 Å². The highest BCUT2D eigenvalue weighted by atomic mass is 19.1. The van der Waals surface area contributed by atoms with Gasteiger partial charge in [-0.1, -0.05) is 18.2 Å². The number of rotatable bonds is 7. The first-order valence-electron chi connectivity index (χ1n) is 8.39. The van der Waals surface area contributed by atoms with Crippen molar-refractivity contribution < 1.29 is 23.5 Å². The van der Waals surface area contributed by atoms with Crippen molar-refractivity contribution in [1.82, 2.24) is 4.98 Å². The Bertz CT molecular complexity index is 853. The van der Waals surface area contributed by atoms with Crippen LogP contribution in [-0.4, -0.2) is 28.6 Å². The van der Waals surface area contributed by atoms with Crippen LogP contribution in [0.25, 0.3) is 0 Å². The zero-order chi connectivity index (χ0) is 19.4. The van der Waals surface area contributed by atoms with Crippen LogP contribution in [0.2, 0.25) is 0 Å². The molecule has 0 bridgehead atoms. The van der Waals surface area contributed by atoms with Crippen LogP contribution in [0.1, 0.15) is 57.9 Å². The molecule has 0 saturated heterocycles. The predicted molar refractivity (Wildman–Crippen MR) is 94.9 cm³/mol. The Morgan fingerprint density at radius 2 is 1.85 bits per heavy atom. The maximum Gasteiger partial charge on any atom is 0.306 e. The Kier molecular flexibility index (Phi) is 6.08. The van der Waals surface area contributed by atoms with Crippen LogP contribution in [-0.2, 0) is 16.0 Å². The Hall–Kier alpha value is -2.76. The van der Waals surface area contributed by atoms with Gasteiger partial charge in [0.25, 0.3) is 0 Å². The number of Topliss-reactive ketones (excluding diaryl/α,β-unsaturated/α-hetero) is 2. The van der Waals surface area contributed by atoms with Gasteiger partial charge < -0.3 is 9.72 Å². The summed E-state index contributed by atoms with van der Waals surface area (Å²) in [4.78, 5) is 39.1. The van der Waals surface area contributed by atoms with Gasteiger partial charge >= 0.3 is 5.97 Å². The van der Waals surface area contributed by atoms with Crippen LogP contribution in [0.3, 0.4) is 0 Å². The minimum absolute atomic E-state index is 0.0278. The fraction of sp³-hybridized carbons (Fsp3) is 0.350. The third-order valence-corrected chi connectivity index (χ3v) is 4.27. The molecule has 0 aliphatic rings.